The molecule has 2 heteroatoms. The lowest BCUT2D eigenvalue weighted by atomic mass is 9.85. The van der Waals surface area contributed by atoms with Crippen LogP contribution in [0.15, 0.2) is 0 Å². The van der Waals surface area contributed by atoms with Crippen molar-refractivity contribution in [3.05, 3.63) is 0 Å². The molecule has 0 aromatic heterocycles. The van der Waals surface area contributed by atoms with E-state index >= 15 is 0 Å². The third-order valence-corrected chi connectivity index (χ3v) is 5.00. The van der Waals surface area contributed by atoms with E-state index in [-0.39, 0.29) is 0 Å². The van der Waals surface area contributed by atoms with Crippen molar-refractivity contribution >= 4 is 15.9 Å². The third-order valence-electron chi connectivity index (χ3n) is 4.44. The SMILES string of the molecule is CCC1CCCC(OCCCCCCCCCBr)C1. The van der Waals surface area contributed by atoms with Crippen molar-refractivity contribution in [1.82, 2.24) is 0 Å². The highest BCUT2D eigenvalue weighted by atomic mass is 79.9. The minimum Gasteiger partial charge on any atom is -0.378 e. The second-order valence-corrected chi connectivity index (χ2v) is 6.89. The molecule has 1 rings (SSSR count). The minimum atomic E-state index is 0.581. The Balaban J connectivity index is 1.85. The fraction of sp³-hybridized carbons (Fsp3) is 1.00. The molecule has 0 aliphatic heterocycles. The lowest BCUT2D eigenvalue weighted by Gasteiger charge is -2.28. The van der Waals surface area contributed by atoms with Crippen LogP contribution in [-0.2, 0) is 4.74 Å². The van der Waals surface area contributed by atoms with E-state index in [0.717, 1.165) is 12.5 Å². The Morgan fingerprint density at radius 2 is 1.63 bits per heavy atom. The predicted octanol–water partition coefficient (Wildman–Crippen LogP) is 6.10. The van der Waals surface area contributed by atoms with Crippen molar-refractivity contribution in [2.24, 2.45) is 5.92 Å². The van der Waals surface area contributed by atoms with Crippen LogP contribution in [0, 0.1) is 5.92 Å². The van der Waals surface area contributed by atoms with Crippen molar-refractivity contribution in [3.8, 4) is 0 Å². The molecule has 0 radical (unpaired) electrons. The van der Waals surface area contributed by atoms with Crippen LogP contribution in [0.2, 0.25) is 0 Å². The zero-order valence-electron chi connectivity index (χ0n) is 12.8. The second-order valence-electron chi connectivity index (χ2n) is 6.10. The highest BCUT2D eigenvalue weighted by molar-refractivity contribution is 9.09. The summed E-state index contributed by atoms with van der Waals surface area (Å²) in [4.78, 5) is 0. The first-order chi connectivity index (χ1) is 9.36. The zero-order chi connectivity index (χ0) is 13.8. The molecule has 0 amide bonds. The Kier molecular flexibility index (Phi) is 11.2. The summed E-state index contributed by atoms with van der Waals surface area (Å²) >= 11 is 3.48. The molecule has 0 N–H and O–H groups in total. The first-order valence-corrected chi connectivity index (χ1v) is 9.66. The van der Waals surface area contributed by atoms with Crippen LogP contribution in [0.1, 0.15) is 84.0 Å². The lowest BCUT2D eigenvalue weighted by Crippen LogP contribution is -2.23. The molecular formula is C17H33BrO. The second kappa shape index (κ2) is 12.2. The van der Waals surface area contributed by atoms with E-state index in [1.165, 1.54) is 82.4 Å². The molecule has 0 saturated heterocycles. The van der Waals surface area contributed by atoms with E-state index < -0.39 is 0 Å². The molecule has 0 aromatic rings. The Hall–Kier alpha value is 0.440. The van der Waals surface area contributed by atoms with Gasteiger partial charge in [0, 0.05) is 11.9 Å². The van der Waals surface area contributed by atoms with Gasteiger partial charge >= 0.3 is 0 Å². The summed E-state index contributed by atoms with van der Waals surface area (Å²) in [6.45, 7) is 3.32. The van der Waals surface area contributed by atoms with Gasteiger partial charge in [0.1, 0.15) is 0 Å². The highest BCUT2D eigenvalue weighted by Crippen LogP contribution is 2.28. The number of halogens is 1. The van der Waals surface area contributed by atoms with Gasteiger partial charge in [-0.25, -0.2) is 0 Å². The monoisotopic (exact) mass is 332 g/mol. The molecule has 2 atom stereocenters. The first kappa shape index (κ1) is 17.5. The normalized spacial score (nSPS) is 23.7. The summed E-state index contributed by atoms with van der Waals surface area (Å²) in [7, 11) is 0. The van der Waals surface area contributed by atoms with E-state index in [9.17, 15) is 0 Å². The van der Waals surface area contributed by atoms with Gasteiger partial charge in [-0.05, 0) is 31.6 Å². The average Bonchev–Trinajstić information content (AvgIpc) is 2.46. The van der Waals surface area contributed by atoms with E-state index in [0.29, 0.717) is 6.10 Å². The summed E-state index contributed by atoms with van der Waals surface area (Å²) in [6, 6.07) is 0. The number of ether oxygens (including phenoxy) is 1. The molecule has 1 aliphatic rings. The number of alkyl halides is 1. The molecule has 1 fully saturated rings. The van der Waals surface area contributed by atoms with E-state index in [1.807, 2.05) is 0 Å². The Morgan fingerprint density at radius 1 is 0.947 bits per heavy atom. The van der Waals surface area contributed by atoms with Gasteiger partial charge in [-0.3, -0.25) is 0 Å². The Morgan fingerprint density at radius 3 is 2.32 bits per heavy atom. The molecule has 0 heterocycles. The molecule has 0 aromatic carbocycles. The van der Waals surface area contributed by atoms with E-state index in [2.05, 4.69) is 22.9 Å². The molecule has 114 valence electrons. The fourth-order valence-electron chi connectivity index (χ4n) is 3.09. The summed E-state index contributed by atoms with van der Waals surface area (Å²) in [6.07, 6.45) is 16.9. The molecule has 1 nitrogen and oxygen atoms in total. The summed E-state index contributed by atoms with van der Waals surface area (Å²) in [5, 5.41) is 1.17. The van der Waals surface area contributed by atoms with Crippen molar-refractivity contribution in [2.45, 2.75) is 90.1 Å². The van der Waals surface area contributed by atoms with Crippen LogP contribution < -0.4 is 0 Å². The zero-order valence-corrected chi connectivity index (χ0v) is 14.4. The maximum Gasteiger partial charge on any atom is 0.0577 e. The Bertz CT molecular complexity index is 196. The maximum atomic E-state index is 6.05. The minimum absolute atomic E-state index is 0.581. The molecule has 0 bridgehead atoms. The van der Waals surface area contributed by atoms with Gasteiger partial charge in [0.25, 0.3) is 0 Å². The van der Waals surface area contributed by atoms with Gasteiger partial charge in [0.05, 0.1) is 6.10 Å². The van der Waals surface area contributed by atoms with E-state index in [4.69, 9.17) is 4.74 Å². The summed E-state index contributed by atoms with van der Waals surface area (Å²) in [5.41, 5.74) is 0. The van der Waals surface area contributed by atoms with Gasteiger partial charge in [-0.2, -0.15) is 0 Å². The number of rotatable bonds is 11. The van der Waals surface area contributed by atoms with Gasteiger partial charge in [0.2, 0.25) is 0 Å². The van der Waals surface area contributed by atoms with Gasteiger partial charge < -0.3 is 4.74 Å². The molecule has 0 spiro atoms. The van der Waals surface area contributed by atoms with Crippen molar-refractivity contribution in [2.75, 3.05) is 11.9 Å². The number of hydrogen-bond donors (Lipinski definition) is 0. The van der Waals surface area contributed by atoms with Crippen LogP contribution in [0.3, 0.4) is 0 Å². The van der Waals surface area contributed by atoms with E-state index in [1.54, 1.807) is 0 Å². The standard InChI is InChI=1S/C17H33BrO/c1-2-16-11-10-12-17(15-16)19-14-9-7-5-3-4-6-8-13-18/h16-17H,2-15H2,1H3. The number of hydrogen-bond acceptors (Lipinski definition) is 1. The van der Waals surface area contributed by atoms with Gasteiger partial charge in [-0.15, -0.1) is 0 Å². The molecule has 19 heavy (non-hydrogen) atoms. The van der Waals surface area contributed by atoms with Gasteiger partial charge in [-0.1, -0.05) is 74.2 Å². The molecule has 2 unspecified atom stereocenters. The van der Waals surface area contributed by atoms with Crippen molar-refractivity contribution < 1.29 is 4.74 Å². The third kappa shape index (κ3) is 9.07. The highest BCUT2D eigenvalue weighted by Gasteiger charge is 2.20. The first-order valence-electron chi connectivity index (χ1n) is 8.54. The van der Waals surface area contributed by atoms with Crippen LogP contribution in [-0.4, -0.2) is 18.0 Å². The largest absolute Gasteiger partial charge is 0.378 e. The topological polar surface area (TPSA) is 9.23 Å². The molecular weight excluding hydrogens is 300 g/mol. The summed E-state index contributed by atoms with van der Waals surface area (Å²) < 4.78 is 6.05. The summed E-state index contributed by atoms with van der Waals surface area (Å²) in [5.74, 6) is 0.938. The van der Waals surface area contributed by atoms with Crippen molar-refractivity contribution in [3.63, 3.8) is 0 Å². The smallest absolute Gasteiger partial charge is 0.0577 e. The van der Waals surface area contributed by atoms with Crippen molar-refractivity contribution in [1.29, 1.82) is 0 Å². The van der Waals surface area contributed by atoms with Crippen LogP contribution in [0.4, 0.5) is 0 Å². The molecule has 1 saturated carbocycles. The lowest BCUT2D eigenvalue weighted by molar-refractivity contribution is 0.0106. The number of unbranched alkanes of at least 4 members (excludes halogenated alkanes) is 6. The maximum absolute atomic E-state index is 6.05. The predicted molar refractivity (Wildman–Crippen MR) is 88.1 cm³/mol. The van der Waals surface area contributed by atoms with Crippen LogP contribution >= 0.6 is 15.9 Å². The fourth-order valence-corrected chi connectivity index (χ4v) is 3.49. The Labute approximate surface area is 129 Å². The molecule has 1 aliphatic carbocycles. The van der Waals surface area contributed by atoms with Crippen LogP contribution in [0.5, 0.6) is 0 Å². The quantitative estimate of drug-likeness (QED) is 0.328. The van der Waals surface area contributed by atoms with Gasteiger partial charge in [0.15, 0.2) is 0 Å². The average molecular weight is 333 g/mol. The van der Waals surface area contributed by atoms with Crippen LogP contribution in [0.25, 0.3) is 0 Å².